The second kappa shape index (κ2) is 8.64. The summed E-state index contributed by atoms with van der Waals surface area (Å²) in [4.78, 5) is 12.3. The monoisotopic (exact) mass is 307 g/mol. The number of nitrogens with one attached hydrogen (secondary N) is 1. The molecule has 1 aromatic carbocycles. The Morgan fingerprint density at radius 3 is 2.67 bits per heavy atom. The number of rotatable bonds is 7. The van der Waals surface area contributed by atoms with E-state index in [4.69, 9.17) is 27.9 Å². The van der Waals surface area contributed by atoms with Crippen LogP contribution < -0.4 is 5.32 Å². The zero-order valence-electron chi connectivity index (χ0n) is 10.0. The van der Waals surface area contributed by atoms with Crippen LogP contribution in [0.2, 0.25) is 10.0 Å². The number of thioether (sulfide) groups is 1. The number of carbonyl (C=O) groups is 1. The summed E-state index contributed by atoms with van der Waals surface area (Å²) < 4.78 is 4.89. The molecule has 0 saturated carbocycles. The van der Waals surface area contributed by atoms with Gasteiger partial charge in [-0.1, -0.05) is 29.3 Å². The van der Waals surface area contributed by atoms with Crippen LogP contribution in [0.3, 0.4) is 0 Å². The summed E-state index contributed by atoms with van der Waals surface area (Å²) in [6.07, 6.45) is 0.805. The fraction of sp³-hybridized carbons (Fsp3) is 0.417. The van der Waals surface area contributed by atoms with E-state index in [0.29, 0.717) is 28.9 Å². The normalized spacial score (nSPS) is 10.4. The van der Waals surface area contributed by atoms with Crippen molar-refractivity contribution < 1.29 is 9.53 Å². The van der Waals surface area contributed by atoms with E-state index in [1.54, 1.807) is 25.3 Å². The van der Waals surface area contributed by atoms with Crippen molar-refractivity contribution >= 4 is 40.9 Å². The molecule has 0 spiro atoms. The maximum absolute atomic E-state index is 11.5. The van der Waals surface area contributed by atoms with Crippen molar-refractivity contribution in [3.63, 3.8) is 0 Å². The van der Waals surface area contributed by atoms with Crippen LogP contribution in [0.4, 0.5) is 0 Å². The fourth-order valence-corrected chi connectivity index (χ4v) is 2.77. The van der Waals surface area contributed by atoms with Crippen LogP contribution in [-0.2, 0) is 9.53 Å². The molecule has 0 radical (unpaired) electrons. The lowest BCUT2D eigenvalue weighted by Gasteiger charge is -2.07. The third kappa shape index (κ3) is 5.48. The van der Waals surface area contributed by atoms with Crippen LogP contribution in [0.5, 0.6) is 0 Å². The second-order valence-corrected chi connectivity index (χ2v) is 5.34. The topological polar surface area (TPSA) is 38.3 Å². The minimum atomic E-state index is -0.0351. The molecule has 0 fully saturated rings. The molecule has 0 saturated heterocycles. The highest BCUT2D eigenvalue weighted by Crippen LogP contribution is 2.33. The van der Waals surface area contributed by atoms with Crippen molar-refractivity contribution in [2.75, 3.05) is 26.0 Å². The van der Waals surface area contributed by atoms with Crippen LogP contribution in [0.15, 0.2) is 23.1 Å². The summed E-state index contributed by atoms with van der Waals surface area (Å²) in [6, 6.07) is 5.29. The zero-order chi connectivity index (χ0) is 13.4. The molecule has 0 atom stereocenters. The Balaban J connectivity index is 2.34. The van der Waals surface area contributed by atoms with Gasteiger partial charge in [0, 0.05) is 25.2 Å². The van der Waals surface area contributed by atoms with E-state index in [9.17, 15) is 4.79 Å². The van der Waals surface area contributed by atoms with Crippen LogP contribution in [0.1, 0.15) is 6.42 Å². The molecule has 100 valence electrons. The highest BCUT2D eigenvalue weighted by molar-refractivity contribution is 8.00. The van der Waals surface area contributed by atoms with Gasteiger partial charge in [0.25, 0.3) is 0 Å². The first-order valence-corrected chi connectivity index (χ1v) is 7.21. The van der Waals surface area contributed by atoms with Gasteiger partial charge in [0.1, 0.15) is 0 Å². The van der Waals surface area contributed by atoms with Crippen molar-refractivity contribution in [3.05, 3.63) is 28.2 Å². The first-order valence-electron chi connectivity index (χ1n) is 5.47. The molecule has 0 unspecified atom stereocenters. The predicted octanol–water partition coefficient (Wildman–Crippen LogP) is 3.24. The van der Waals surface area contributed by atoms with Crippen molar-refractivity contribution in [2.24, 2.45) is 0 Å². The fourth-order valence-electron chi connectivity index (χ4n) is 1.25. The van der Waals surface area contributed by atoms with E-state index in [1.165, 1.54) is 11.8 Å². The number of ether oxygens (including phenoxy) is 1. The quantitative estimate of drug-likeness (QED) is 0.621. The third-order valence-corrected chi connectivity index (χ3v) is 4.10. The SMILES string of the molecule is COCCCNC(=O)CSc1c(Cl)cccc1Cl. The number of halogens is 2. The Hall–Kier alpha value is -0.420. The smallest absolute Gasteiger partial charge is 0.230 e. The van der Waals surface area contributed by atoms with Gasteiger partial charge in [-0.15, -0.1) is 11.8 Å². The molecule has 1 N–H and O–H groups in total. The lowest BCUT2D eigenvalue weighted by molar-refractivity contribution is -0.118. The molecule has 1 amide bonds. The first kappa shape index (κ1) is 15.6. The summed E-state index contributed by atoms with van der Waals surface area (Å²) >= 11 is 13.3. The van der Waals surface area contributed by atoms with E-state index in [1.807, 2.05) is 0 Å². The molecule has 3 nitrogen and oxygen atoms in total. The van der Waals surface area contributed by atoms with Gasteiger partial charge < -0.3 is 10.1 Å². The van der Waals surface area contributed by atoms with E-state index in [2.05, 4.69) is 5.32 Å². The molecule has 18 heavy (non-hydrogen) atoms. The summed E-state index contributed by atoms with van der Waals surface area (Å²) in [7, 11) is 1.64. The second-order valence-electron chi connectivity index (χ2n) is 3.54. The van der Waals surface area contributed by atoms with Gasteiger partial charge in [-0.3, -0.25) is 4.79 Å². The molecular formula is C12H15Cl2NO2S. The number of methoxy groups -OCH3 is 1. The van der Waals surface area contributed by atoms with Gasteiger partial charge in [-0.05, 0) is 18.6 Å². The van der Waals surface area contributed by atoms with E-state index < -0.39 is 0 Å². The molecule has 0 bridgehead atoms. The van der Waals surface area contributed by atoms with Gasteiger partial charge in [0.05, 0.1) is 15.8 Å². The van der Waals surface area contributed by atoms with Gasteiger partial charge in [-0.2, -0.15) is 0 Å². The van der Waals surface area contributed by atoms with Gasteiger partial charge in [0.15, 0.2) is 0 Å². The van der Waals surface area contributed by atoms with Crippen LogP contribution in [0, 0.1) is 0 Å². The van der Waals surface area contributed by atoms with Gasteiger partial charge in [-0.25, -0.2) is 0 Å². The van der Waals surface area contributed by atoms with E-state index >= 15 is 0 Å². The number of benzene rings is 1. The molecular weight excluding hydrogens is 293 g/mol. The molecule has 6 heteroatoms. The molecule has 0 aliphatic rings. The Labute approximate surface area is 121 Å². The highest BCUT2D eigenvalue weighted by atomic mass is 35.5. The van der Waals surface area contributed by atoms with Crippen molar-refractivity contribution in [3.8, 4) is 0 Å². The molecule has 0 heterocycles. The molecule has 0 aliphatic heterocycles. The average Bonchev–Trinajstić information content (AvgIpc) is 2.34. The Bertz CT molecular complexity index is 381. The molecule has 1 aromatic rings. The van der Waals surface area contributed by atoms with Crippen molar-refractivity contribution in [1.82, 2.24) is 5.32 Å². The number of amides is 1. The largest absolute Gasteiger partial charge is 0.385 e. The van der Waals surface area contributed by atoms with Crippen LogP contribution >= 0.6 is 35.0 Å². The number of hydrogen-bond donors (Lipinski definition) is 1. The standard InChI is InChI=1S/C12H15Cl2NO2S/c1-17-7-3-6-15-11(16)8-18-12-9(13)4-2-5-10(12)14/h2,4-5H,3,6-8H2,1H3,(H,15,16). The van der Waals surface area contributed by atoms with E-state index in [-0.39, 0.29) is 5.91 Å². The zero-order valence-corrected chi connectivity index (χ0v) is 12.4. The molecule has 0 aliphatic carbocycles. The Kier molecular flexibility index (Phi) is 7.51. The maximum atomic E-state index is 11.5. The number of carbonyl (C=O) groups excluding carboxylic acids is 1. The van der Waals surface area contributed by atoms with Gasteiger partial charge in [0.2, 0.25) is 5.91 Å². The van der Waals surface area contributed by atoms with Crippen molar-refractivity contribution in [1.29, 1.82) is 0 Å². The Morgan fingerprint density at radius 2 is 2.06 bits per heavy atom. The van der Waals surface area contributed by atoms with Gasteiger partial charge >= 0.3 is 0 Å². The molecule has 1 rings (SSSR count). The minimum Gasteiger partial charge on any atom is -0.385 e. The van der Waals surface area contributed by atoms with Crippen molar-refractivity contribution in [2.45, 2.75) is 11.3 Å². The average molecular weight is 308 g/mol. The lowest BCUT2D eigenvalue weighted by atomic mass is 10.4. The maximum Gasteiger partial charge on any atom is 0.230 e. The minimum absolute atomic E-state index is 0.0351. The Morgan fingerprint density at radius 1 is 1.39 bits per heavy atom. The van der Waals surface area contributed by atoms with E-state index in [0.717, 1.165) is 11.3 Å². The van der Waals surface area contributed by atoms with Crippen LogP contribution in [-0.4, -0.2) is 31.9 Å². The predicted molar refractivity (Wildman–Crippen MR) is 76.7 cm³/mol. The number of hydrogen-bond acceptors (Lipinski definition) is 3. The summed E-state index contributed by atoms with van der Waals surface area (Å²) in [5, 5.41) is 3.94. The highest BCUT2D eigenvalue weighted by Gasteiger charge is 2.08. The molecule has 0 aromatic heterocycles. The lowest BCUT2D eigenvalue weighted by Crippen LogP contribution is -2.26. The summed E-state index contributed by atoms with van der Waals surface area (Å²) in [5.41, 5.74) is 0. The first-order chi connectivity index (χ1) is 8.65. The van der Waals surface area contributed by atoms with Crippen LogP contribution in [0.25, 0.3) is 0 Å². The summed E-state index contributed by atoms with van der Waals surface area (Å²) in [6.45, 7) is 1.26. The third-order valence-electron chi connectivity index (χ3n) is 2.11. The summed E-state index contributed by atoms with van der Waals surface area (Å²) in [5.74, 6) is 0.267.